The number of carbonyl (C=O) groups excluding carboxylic acids is 1. The minimum absolute atomic E-state index is 0.220. The Kier molecular flexibility index (Phi) is 6.05. The fourth-order valence-electron chi connectivity index (χ4n) is 2.38. The van der Waals surface area contributed by atoms with E-state index >= 15 is 0 Å². The highest BCUT2D eigenvalue weighted by molar-refractivity contribution is 8.22. The topological polar surface area (TPSA) is 53.0 Å². The zero-order chi connectivity index (χ0) is 16.1. The number of hydrogen-bond donors (Lipinski definition) is 1. The first-order valence-corrected chi connectivity index (χ1v) is 8.68. The number of thiocarbonyl (C=S) groups is 1. The standard InChI is InChI=1S/C15H20N2O3S2/c1-11(18)20-13-3-4-14(19)12(9-13)10-16-5-7-17(8-6-16)15(21)22-2/h3-4,9,19H,5-8,10H2,1-2H3. The summed E-state index contributed by atoms with van der Waals surface area (Å²) >= 11 is 6.90. The fourth-order valence-corrected chi connectivity index (χ4v) is 3.00. The number of phenols is 1. The number of esters is 1. The number of benzene rings is 1. The Bertz CT molecular complexity index is 558. The van der Waals surface area contributed by atoms with Crippen LogP contribution in [-0.4, -0.2) is 57.6 Å². The summed E-state index contributed by atoms with van der Waals surface area (Å²) in [6, 6.07) is 4.87. The summed E-state index contributed by atoms with van der Waals surface area (Å²) in [4.78, 5) is 15.5. The molecular formula is C15H20N2O3S2. The van der Waals surface area contributed by atoms with E-state index in [1.165, 1.54) is 6.92 Å². The molecule has 120 valence electrons. The predicted octanol–water partition coefficient (Wildman–Crippen LogP) is 2.08. The summed E-state index contributed by atoms with van der Waals surface area (Å²) in [5.41, 5.74) is 0.764. The van der Waals surface area contributed by atoms with Crippen LogP contribution in [-0.2, 0) is 11.3 Å². The van der Waals surface area contributed by atoms with E-state index in [1.54, 1.807) is 30.0 Å². The zero-order valence-corrected chi connectivity index (χ0v) is 14.4. The SMILES string of the molecule is CSC(=S)N1CCN(Cc2cc(OC(C)=O)ccc2O)CC1. The molecule has 1 heterocycles. The molecule has 0 radical (unpaired) electrons. The third kappa shape index (κ3) is 4.59. The van der Waals surface area contributed by atoms with Crippen molar-refractivity contribution >= 4 is 34.3 Å². The Balaban J connectivity index is 1.97. The van der Waals surface area contributed by atoms with Crippen molar-refractivity contribution < 1.29 is 14.6 Å². The Hall–Kier alpha value is -1.31. The van der Waals surface area contributed by atoms with Gasteiger partial charge in [0.15, 0.2) is 0 Å². The van der Waals surface area contributed by atoms with E-state index in [0.717, 1.165) is 36.1 Å². The minimum atomic E-state index is -0.365. The van der Waals surface area contributed by atoms with Crippen LogP contribution in [0.5, 0.6) is 11.5 Å². The molecule has 1 fully saturated rings. The molecule has 7 heteroatoms. The molecule has 0 aliphatic carbocycles. The predicted molar refractivity (Wildman–Crippen MR) is 92.4 cm³/mol. The lowest BCUT2D eigenvalue weighted by atomic mass is 10.1. The van der Waals surface area contributed by atoms with E-state index in [4.69, 9.17) is 17.0 Å². The molecule has 5 nitrogen and oxygen atoms in total. The normalized spacial score (nSPS) is 15.6. The first-order valence-electron chi connectivity index (χ1n) is 7.05. The minimum Gasteiger partial charge on any atom is -0.508 e. The summed E-state index contributed by atoms with van der Waals surface area (Å²) in [6.07, 6.45) is 1.99. The van der Waals surface area contributed by atoms with Crippen LogP contribution in [0.3, 0.4) is 0 Å². The van der Waals surface area contributed by atoms with Crippen LogP contribution in [0.2, 0.25) is 0 Å². The maximum absolute atomic E-state index is 11.0. The van der Waals surface area contributed by atoms with Gasteiger partial charge in [-0.25, -0.2) is 0 Å². The number of thioether (sulfide) groups is 1. The first kappa shape index (κ1) is 17.1. The monoisotopic (exact) mass is 340 g/mol. The number of carbonyl (C=O) groups is 1. The molecule has 22 heavy (non-hydrogen) atoms. The molecule has 2 rings (SSSR count). The second-order valence-corrected chi connectivity index (χ2v) is 6.56. The van der Waals surface area contributed by atoms with Crippen LogP contribution in [0.1, 0.15) is 12.5 Å². The van der Waals surface area contributed by atoms with Gasteiger partial charge in [0, 0.05) is 45.2 Å². The van der Waals surface area contributed by atoms with E-state index in [9.17, 15) is 9.90 Å². The van der Waals surface area contributed by atoms with Gasteiger partial charge in [0.05, 0.1) is 0 Å². The van der Waals surface area contributed by atoms with E-state index in [-0.39, 0.29) is 11.7 Å². The van der Waals surface area contributed by atoms with Crippen molar-refractivity contribution in [2.24, 2.45) is 0 Å². The van der Waals surface area contributed by atoms with Gasteiger partial charge in [-0.1, -0.05) is 12.2 Å². The fraction of sp³-hybridized carbons (Fsp3) is 0.467. The van der Waals surface area contributed by atoms with Crippen LogP contribution < -0.4 is 4.74 Å². The second-order valence-electron chi connectivity index (χ2n) is 5.12. The number of phenolic OH excluding ortho intramolecular Hbond substituents is 1. The molecule has 1 aromatic rings. The van der Waals surface area contributed by atoms with E-state index < -0.39 is 0 Å². The van der Waals surface area contributed by atoms with Crippen molar-refractivity contribution in [3.8, 4) is 11.5 Å². The number of hydrogen-bond acceptors (Lipinski definition) is 6. The molecule has 0 unspecified atom stereocenters. The second kappa shape index (κ2) is 7.80. The van der Waals surface area contributed by atoms with Gasteiger partial charge >= 0.3 is 5.97 Å². The zero-order valence-electron chi connectivity index (χ0n) is 12.7. The molecular weight excluding hydrogens is 320 g/mol. The van der Waals surface area contributed by atoms with Crippen molar-refractivity contribution in [2.75, 3.05) is 32.4 Å². The van der Waals surface area contributed by atoms with E-state index in [2.05, 4.69) is 9.80 Å². The Morgan fingerprint density at radius 2 is 2.05 bits per heavy atom. The van der Waals surface area contributed by atoms with Crippen LogP contribution in [0, 0.1) is 0 Å². The van der Waals surface area contributed by atoms with Crippen molar-refractivity contribution in [3.63, 3.8) is 0 Å². The molecule has 0 atom stereocenters. The quantitative estimate of drug-likeness (QED) is 0.514. The Morgan fingerprint density at radius 3 is 2.64 bits per heavy atom. The molecule has 1 aromatic carbocycles. The highest BCUT2D eigenvalue weighted by atomic mass is 32.2. The summed E-state index contributed by atoms with van der Waals surface area (Å²) < 4.78 is 6.00. The lowest BCUT2D eigenvalue weighted by molar-refractivity contribution is -0.131. The molecule has 0 aromatic heterocycles. The summed E-state index contributed by atoms with van der Waals surface area (Å²) in [5, 5.41) is 9.98. The molecule has 1 saturated heterocycles. The van der Waals surface area contributed by atoms with Gasteiger partial charge in [-0.15, -0.1) is 11.8 Å². The maximum Gasteiger partial charge on any atom is 0.308 e. The highest BCUT2D eigenvalue weighted by Crippen LogP contribution is 2.25. The first-order chi connectivity index (χ1) is 10.5. The third-order valence-electron chi connectivity index (χ3n) is 3.51. The smallest absolute Gasteiger partial charge is 0.308 e. The van der Waals surface area contributed by atoms with Crippen LogP contribution in [0.25, 0.3) is 0 Å². The van der Waals surface area contributed by atoms with Gasteiger partial charge in [-0.2, -0.15) is 0 Å². The Labute approximate surface area is 140 Å². The van der Waals surface area contributed by atoms with E-state index in [0.29, 0.717) is 12.3 Å². The van der Waals surface area contributed by atoms with Crippen molar-refractivity contribution in [3.05, 3.63) is 23.8 Å². The highest BCUT2D eigenvalue weighted by Gasteiger charge is 2.19. The third-order valence-corrected chi connectivity index (χ3v) is 4.88. The average Bonchev–Trinajstić information content (AvgIpc) is 2.50. The lowest BCUT2D eigenvalue weighted by Gasteiger charge is -2.35. The van der Waals surface area contributed by atoms with E-state index in [1.807, 2.05) is 6.26 Å². The van der Waals surface area contributed by atoms with Gasteiger partial charge in [0.1, 0.15) is 15.8 Å². The van der Waals surface area contributed by atoms with Crippen LogP contribution >= 0.6 is 24.0 Å². The summed E-state index contributed by atoms with van der Waals surface area (Å²) in [5.74, 6) is 0.316. The number of piperazine rings is 1. The Morgan fingerprint density at radius 1 is 1.36 bits per heavy atom. The largest absolute Gasteiger partial charge is 0.508 e. The number of nitrogens with zero attached hydrogens (tertiary/aromatic N) is 2. The molecule has 0 amide bonds. The lowest BCUT2D eigenvalue weighted by Crippen LogP contribution is -2.47. The van der Waals surface area contributed by atoms with Gasteiger partial charge in [-0.3, -0.25) is 9.69 Å². The molecule has 0 bridgehead atoms. The van der Waals surface area contributed by atoms with Gasteiger partial charge in [0.25, 0.3) is 0 Å². The number of aromatic hydroxyl groups is 1. The molecule has 1 aliphatic heterocycles. The molecule has 0 spiro atoms. The van der Waals surface area contributed by atoms with Crippen LogP contribution in [0.15, 0.2) is 18.2 Å². The summed E-state index contributed by atoms with van der Waals surface area (Å²) in [7, 11) is 0. The maximum atomic E-state index is 11.0. The van der Waals surface area contributed by atoms with Crippen molar-refractivity contribution in [2.45, 2.75) is 13.5 Å². The molecule has 0 saturated carbocycles. The number of rotatable bonds is 3. The van der Waals surface area contributed by atoms with Gasteiger partial charge in [-0.05, 0) is 24.5 Å². The van der Waals surface area contributed by atoms with Gasteiger partial charge in [0.2, 0.25) is 0 Å². The average molecular weight is 340 g/mol. The van der Waals surface area contributed by atoms with Crippen molar-refractivity contribution in [1.29, 1.82) is 0 Å². The summed E-state index contributed by atoms with van der Waals surface area (Å²) in [6.45, 7) is 5.55. The van der Waals surface area contributed by atoms with Gasteiger partial charge < -0.3 is 14.7 Å². The van der Waals surface area contributed by atoms with Crippen molar-refractivity contribution in [1.82, 2.24) is 9.80 Å². The molecule has 1 aliphatic rings. The number of ether oxygens (including phenoxy) is 1. The molecule has 1 N–H and O–H groups in total. The van der Waals surface area contributed by atoms with Crippen LogP contribution in [0.4, 0.5) is 0 Å².